The van der Waals surface area contributed by atoms with Gasteiger partial charge in [-0.25, -0.2) is 0 Å². The van der Waals surface area contributed by atoms with Gasteiger partial charge in [-0.1, -0.05) is 31.4 Å². The molecule has 1 aromatic carbocycles. The first-order valence-corrected chi connectivity index (χ1v) is 6.86. The summed E-state index contributed by atoms with van der Waals surface area (Å²) in [5.41, 5.74) is 7.22. The fourth-order valence-electron chi connectivity index (χ4n) is 2.89. The van der Waals surface area contributed by atoms with Gasteiger partial charge in [0.15, 0.2) is 0 Å². The number of hydrogen-bond acceptors (Lipinski definition) is 3. The maximum Gasteiger partial charge on any atom is 0.0661 e. The summed E-state index contributed by atoms with van der Waals surface area (Å²) < 4.78 is 0. The van der Waals surface area contributed by atoms with Crippen molar-refractivity contribution >= 4 is 23.0 Å². The van der Waals surface area contributed by atoms with Gasteiger partial charge < -0.3 is 16.2 Å². The molecule has 1 fully saturated rings. The number of rotatable bonds is 3. The van der Waals surface area contributed by atoms with E-state index in [-0.39, 0.29) is 12.1 Å². The van der Waals surface area contributed by atoms with Gasteiger partial charge in [-0.05, 0) is 37.0 Å². The van der Waals surface area contributed by atoms with Crippen LogP contribution in [-0.4, -0.2) is 17.3 Å². The Morgan fingerprint density at radius 1 is 1.56 bits per heavy atom. The third-order valence-electron chi connectivity index (χ3n) is 3.81. The van der Waals surface area contributed by atoms with Crippen LogP contribution in [0.1, 0.15) is 32.6 Å². The molecular weight excluding hydrogens is 248 g/mol. The standard InChI is InChI=1S/C14H21ClN2O/c1-10-3-2-6-14(8-10,9-18)17-13-5-4-11(15)7-12(13)16/h4-5,7,10,17-18H,2-3,6,8-9,16H2,1H3. The summed E-state index contributed by atoms with van der Waals surface area (Å²) in [7, 11) is 0. The molecule has 2 unspecified atom stereocenters. The highest BCUT2D eigenvalue weighted by Gasteiger charge is 2.34. The third-order valence-corrected chi connectivity index (χ3v) is 4.04. The number of nitrogens with one attached hydrogen (secondary N) is 1. The van der Waals surface area contributed by atoms with Crippen LogP contribution in [0.3, 0.4) is 0 Å². The molecule has 0 amide bonds. The highest BCUT2D eigenvalue weighted by atomic mass is 35.5. The number of anilines is 2. The lowest BCUT2D eigenvalue weighted by molar-refractivity contribution is 0.149. The summed E-state index contributed by atoms with van der Waals surface area (Å²) in [4.78, 5) is 0. The molecule has 0 saturated heterocycles. The van der Waals surface area contributed by atoms with Gasteiger partial charge in [-0.15, -0.1) is 0 Å². The fraction of sp³-hybridized carbons (Fsp3) is 0.571. The molecule has 18 heavy (non-hydrogen) atoms. The van der Waals surface area contributed by atoms with E-state index in [9.17, 15) is 5.11 Å². The zero-order valence-corrected chi connectivity index (χ0v) is 11.5. The second-order valence-corrected chi connectivity index (χ2v) is 5.93. The SMILES string of the molecule is CC1CCCC(CO)(Nc2ccc(Cl)cc2N)C1. The van der Waals surface area contributed by atoms with E-state index in [1.54, 1.807) is 6.07 Å². The minimum Gasteiger partial charge on any atom is -0.397 e. The molecule has 0 bridgehead atoms. The molecule has 2 rings (SSSR count). The summed E-state index contributed by atoms with van der Waals surface area (Å²) in [6, 6.07) is 5.44. The summed E-state index contributed by atoms with van der Waals surface area (Å²) in [5, 5.41) is 13.8. The van der Waals surface area contributed by atoms with E-state index < -0.39 is 0 Å². The average Bonchev–Trinajstić information content (AvgIpc) is 2.33. The van der Waals surface area contributed by atoms with Crippen LogP contribution in [0.4, 0.5) is 11.4 Å². The van der Waals surface area contributed by atoms with Gasteiger partial charge in [0, 0.05) is 5.02 Å². The molecule has 4 heteroatoms. The average molecular weight is 269 g/mol. The van der Waals surface area contributed by atoms with Gasteiger partial charge in [0.05, 0.1) is 23.5 Å². The number of nitrogens with two attached hydrogens (primary N) is 1. The molecule has 0 heterocycles. The van der Waals surface area contributed by atoms with Crippen molar-refractivity contribution in [1.29, 1.82) is 0 Å². The summed E-state index contributed by atoms with van der Waals surface area (Å²) in [5.74, 6) is 0.631. The summed E-state index contributed by atoms with van der Waals surface area (Å²) in [6.07, 6.45) is 4.34. The van der Waals surface area contributed by atoms with Crippen LogP contribution in [-0.2, 0) is 0 Å². The first kappa shape index (κ1) is 13.5. The fourth-order valence-corrected chi connectivity index (χ4v) is 3.07. The summed E-state index contributed by atoms with van der Waals surface area (Å²) in [6.45, 7) is 2.37. The number of hydrogen-bond donors (Lipinski definition) is 3. The van der Waals surface area contributed by atoms with Crippen molar-refractivity contribution in [1.82, 2.24) is 0 Å². The molecule has 0 spiro atoms. The zero-order chi connectivity index (χ0) is 13.2. The second-order valence-electron chi connectivity index (χ2n) is 5.50. The van der Waals surface area contributed by atoms with Gasteiger partial charge in [-0.2, -0.15) is 0 Å². The highest BCUT2D eigenvalue weighted by molar-refractivity contribution is 6.31. The molecule has 3 nitrogen and oxygen atoms in total. The molecule has 2 atom stereocenters. The molecular formula is C14H21ClN2O. The Labute approximate surface area is 113 Å². The van der Waals surface area contributed by atoms with Crippen LogP contribution in [0.25, 0.3) is 0 Å². The predicted molar refractivity (Wildman–Crippen MR) is 76.9 cm³/mol. The largest absolute Gasteiger partial charge is 0.397 e. The van der Waals surface area contributed by atoms with Crippen LogP contribution < -0.4 is 11.1 Å². The van der Waals surface area contributed by atoms with Crippen LogP contribution in [0.5, 0.6) is 0 Å². The molecule has 0 aromatic heterocycles. The first-order chi connectivity index (χ1) is 8.54. The summed E-state index contributed by atoms with van der Waals surface area (Å²) >= 11 is 5.89. The molecule has 4 N–H and O–H groups in total. The maximum atomic E-state index is 9.74. The molecule has 1 aromatic rings. The van der Waals surface area contributed by atoms with Gasteiger partial charge >= 0.3 is 0 Å². The second kappa shape index (κ2) is 5.37. The maximum absolute atomic E-state index is 9.74. The Hall–Kier alpha value is -0.930. The Bertz CT molecular complexity index is 424. The van der Waals surface area contributed by atoms with Crippen molar-refractivity contribution in [3.8, 4) is 0 Å². The van der Waals surface area contributed by atoms with E-state index in [4.69, 9.17) is 17.3 Å². The molecule has 0 aliphatic heterocycles. The number of benzene rings is 1. The number of nitrogen functional groups attached to an aromatic ring is 1. The Kier molecular flexibility index (Phi) is 4.03. The van der Waals surface area contributed by atoms with Crippen molar-refractivity contribution < 1.29 is 5.11 Å². The zero-order valence-electron chi connectivity index (χ0n) is 10.7. The minimum absolute atomic E-state index is 0.138. The van der Waals surface area contributed by atoms with Crippen molar-refractivity contribution in [3.05, 3.63) is 23.2 Å². The van der Waals surface area contributed by atoms with Crippen LogP contribution in [0, 0.1) is 5.92 Å². The van der Waals surface area contributed by atoms with Crippen molar-refractivity contribution in [2.75, 3.05) is 17.7 Å². The van der Waals surface area contributed by atoms with Crippen molar-refractivity contribution in [2.45, 2.75) is 38.1 Å². The van der Waals surface area contributed by atoms with E-state index in [1.807, 2.05) is 12.1 Å². The van der Waals surface area contributed by atoms with Crippen molar-refractivity contribution in [3.63, 3.8) is 0 Å². The lowest BCUT2D eigenvalue weighted by Crippen LogP contribution is -2.46. The number of halogens is 1. The lowest BCUT2D eigenvalue weighted by Gasteiger charge is -2.40. The number of aliphatic hydroxyl groups excluding tert-OH is 1. The van der Waals surface area contributed by atoms with E-state index in [1.165, 1.54) is 6.42 Å². The Morgan fingerprint density at radius 2 is 2.33 bits per heavy atom. The Morgan fingerprint density at radius 3 is 2.94 bits per heavy atom. The van der Waals surface area contributed by atoms with Gasteiger partial charge in [0.2, 0.25) is 0 Å². The number of aliphatic hydroxyl groups is 1. The first-order valence-electron chi connectivity index (χ1n) is 6.49. The molecule has 1 aliphatic rings. The molecule has 1 aliphatic carbocycles. The molecule has 1 saturated carbocycles. The van der Waals surface area contributed by atoms with E-state index in [2.05, 4.69) is 12.2 Å². The lowest BCUT2D eigenvalue weighted by atomic mass is 9.76. The van der Waals surface area contributed by atoms with Gasteiger partial charge in [-0.3, -0.25) is 0 Å². The van der Waals surface area contributed by atoms with Gasteiger partial charge in [0.25, 0.3) is 0 Å². The molecule has 0 radical (unpaired) electrons. The monoisotopic (exact) mass is 268 g/mol. The van der Waals surface area contributed by atoms with Crippen LogP contribution in [0.15, 0.2) is 18.2 Å². The van der Waals surface area contributed by atoms with Crippen LogP contribution in [0.2, 0.25) is 5.02 Å². The van der Waals surface area contributed by atoms with E-state index in [0.29, 0.717) is 16.6 Å². The molecule has 100 valence electrons. The topological polar surface area (TPSA) is 58.3 Å². The smallest absolute Gasteiger partial charge is 0.0661 e. The third kappa shape index (κ3) is 2.90. The Balaban J connectivity index is 2.19. The minimum atomic E-state index is -0.236. The highest BCUT2D eigenvalue weighted by Crippen LogP contribution is 2.36. The van der Waals surface area contributed by atoms with E-state index in [0.717, 1.165) is 24.9 Å². The van der Waals surface area contributed by atoms with E-state index >= 15 is 0 Å². The normalized spacial score (nSPS) is 28.1. The quantitative estimate of drug-likeness (QED) is 0.738. The predicted octanol–water partition coefficient (Wildman–Crippen LogP) is 3.28. The van der Waals surface area contributed by atoms with Crippen LogP contribution >= 0.6 is 11.6 Å². The van der Waals surface area contributed by atoms with Gasteiger partial charge in [0.1, 0.15) is 0 Å². The van der Waals surface area contributed by atoms with Crippen molar-refractivity contribution in [2.24, 2.45) is 5.92 Å².